The number of thioether (sulfide) groups is 1. The molecule has 4 rings (SSSR count). The number of rotatable bonds is 8. The van der Waals surface area contributed by atoms with Gasteiger partial charge in [-0.2, -0.15) is 23.4 Å². The van der Waals surface area contributed by atoms with Gasteiger partial charge in [0.15, 0.2) is 0 Å². The topological polar surface area (TPSA) is 115 Å². The number of nitrogens with one attached hydrogen (secondary N) is 1. The Bertz CT molecular complexity index is 1300. The molecule has 2 aliphatic rings. The number of carbonyl (C=O) groups is 2. The maximum Gasteiger partial charge on any atom is 0.441 e. The van der Waals surface area contributed by atoms with Crippen molar-refractivity contribution in [3.8, 4) is 11.9 Å². The number of nitrogens with zero attached hydrogens (tertiary/aromatic N) is 6. The molecule has 4 heterocycles. The molecule has 2 aliphatic heterocycles. The largest absolute Gasteiger partial charge is 0.481 e. The van der Waals surface area contributed by atoms with Crippen molar-refractivity contribution in [1.82, 2.24) is 19.8 Å². The predicted octanol–water partition coefficient (Wildman–Crippen LogP) is 3.80. The molecule has 3 amide bonds. The number of nitriles is 1. The number of ether oxygens (including phenoxy) is 1. The van der Waals surface area contributed by atoms with E-state index in [4.69, 9.17) is 4.74 Å². The van der Waals surface area contributed by atoms with Gasteiger partial charge in [0.05, 0.1) is 25.8 Å². The summed E-state index contributed by atoms with van der Waals surface area (Å²) in [6, 6.07) is 4.97. The molecular weight excluding hydrogens is 547 g/mol. The van der Waals surface area contributed by atoms with Gasteiger partial charge in [0, 0.05) is 37.1 Å². The average molecular weight is 578 g/mol. The van der Waals surface area contributed by atoms with Crippen molar-refractivity contribution in [1.29, 1.82) is 5.26 Å². The molecule has 40 heavy (non-hydrogen) atoms. The number of amides is 3. The van der Waals surface area contributed by atoms with Crippen molar-refractivity contribution in [2.45, 2.75) is 37.7 Å². The van der Waals surface area contributed by atoms with E-state index >= 15 is 0 Å². The number of methoxy groups -OCH3 is 1. The zero-order chi connectivity index (χ0) is 28.9. The zero-order valence-electron chi connectivity index (χ0n) is 22.3. The summed E-state index contributed by atoms with van der Waals surface area (Å²) >= 11 is -0.106. The van der Waals surface area contributed by atoms with Crippen molar-refractivity contribution in [3.63, 3.8) is 0 Å². The number of aromatic nitrogens is 2. The van der Waals surface area contributed by atoms with Crippen LogP contribution in [0.4, 0.5) is 29.6 Å². The van der Waals surface area contributed by atoms with E-state index in [1.54, 1.807) is 4.90 Å². The third kappa shape index (κ3) is 7.33. The Balaban J connectivity index is 1.48. The number of likely N-dealkylation sites (N-methyl/N-ethyl adjacent to an activating group) is 1. The normalized spacial score (nSPS) is 15.9. The number of hydrogen-bond donors (Lipinski definition) is 1. The molecule has 0 bridgehead atoms. The number of alkyl halides is 3. The average Bonchev–Trinajstić information content (AvgIpc) is 2.91. The van der Waals surface area contributed by atoms with Gasteiger partial charge in [0.2, 0.25) is 11.8 Å². The molecule has 0 aromatic carbocycles. The van der Waals surface area contributed by atoms with E-state index in [-0.39, 0.29) is 47.6 Å². The standard InChI is InChI=1S/C26H30F3N7O3S/c1-34-8-9-35(22(37)16-34)15-19-11-18-5-3-7-36(23(18)33-24(19)39-2)25(38)32-21-12-17(20(13-30)14-31-21)6-4-10-40-26(27,28)29/h11-12,14H,3-10,15-16H2,1-2H3,(H,31,32,38). The Morgan fingerprint density at radius 3 is 2.75 bits per heavy atom. The Morgan fingerprint density at radius 2 is 2.05 bits per heavy atom. The highest BCUT2D eigenvalue weighted by atomic mass is 32.2. The molecule has 214 valence electrons. The Kier molecular flexibility index (Phi) is 9.36. The number of anilines is 2. The lowest BCUT2D eigenvalue weighted by Crippen LogP contribution is -2.48. The lowest BCUT2D eigenvalue weighted by Gasteiger charge is -2.33. The molecule has 0 spiro atoms. The van der Waals surface area contributed by atoms with Crippen LogP contribution >= 0.6 is 11.8 Å². The lowest BCUT2D eigenvalue weighted by atomic mass is 10.0. The van der Waals surface area contributed by atoms with E-state index in [0.29, 0.717) is 56.3 Å². The predicted molar refractivity (Wildman–Crippen MR) is 144 cm³/mol. The fraction of sp³-hybridized carbons (Fsp3) is 0.500. The Labute approximate surface area is 234 Å². The molecule has 0 aliphatic carbocycles. The number of fused-ring (bicyclic) bond motifs is 1. The number of carbonyl (C=O) groups excluding carboxylic acids is 2. The zero-order valence-corrected chi connectivity index (χ0v) is 23.1. The second-order valence-electron chi connectivity index (χ2n) is 9.61. The Hall–Kier alpha value is -3.57. The molecule has 1 fully saturated rings. The van der Waals surface area contributed by atoms with Gasteiger partial charge in [-0.1, -0.05) is 11.8 Å². The highest BCUT2D eigenvalue weighted by molar-refractivity contribution is 8.00. The fourth-order valence-electron chi connectivity index (χ4n) is 4.71. The first-order valence-electron chi connectivity index (χ1n) is 12.8. The van der Waals surface area contributed by atoms with Crippen molar-refractivity contribution in [2.24, 2.45) is 0 Å². The third-order valence-corrected chi connectivity index (χ3v) is 7.53. The monoisotopic (exact) mass is 577 g/mol. The van der Waals surface area contributed by atoms with E-state index in [2.05, 4.69) is 15.3 Å². The molecule has 0 unspecified atom stereocenters. The van der Waals surface area contributed by atoms with E-state index in [1.807, 2.05) is 24.1 Å². The smallest absolute Gasteiger partial charge is 0.441 e. The first kappa shape index (κ1) is 29.4. The van der Waals surface area contributed by atoms with Crippen molar-refractivity contribution in [3.05, 3.63) is 40.6 Å². The number of halogens is 3. The van der Waals surface area contributed by atoms with Crippen molar-refractivity contribution in [2.75, 3.05) is 56.3 Å². The minimum absolute atomic E-state index is 0.0305. The van der Waals surface area contributed by atoms with Crippen LogP contribution in [0.25, 0.3) is 0 Å². The molecular formula is C26H30F3N7O3S. The van der Waals surface area contributed by atoms with E-state index in [0.717, 1.165) is 17.7 Å². The van der Waals surface area contributed by atoms with Crippen LogP contribution in [0.15, 0.2) is 18.3 Å². The maximum atomic E-state index is 13.3. The van der Waals surface area contributed by atoms with Crippen LogP contribution in [0.2, 0.25) is 0 Å². The van der Waals surface area contributed by atoms with Crippen LogP contribution in [0, 0.1) is 11.3 Å². The number of hydrogen-bond acceptors (Lipinski definition) is 8. The van der Waals surface area contributed by atoms with Crippen molar-refractivity contribution >= 4 is 35.3 Å². The maximum absolute atomic E-state index is 13.3. The van der Waals surface area contributed by atoms with Gasteiger partial charge in [0.25, 0.3) is 0 Å². The molecule has 2 aromatic rings. The summed E-state index contributed by atoms with van der Waals surface area (Å²) in [5.41, 5.74) is -1.92. The molecule has 2 aromatic heterocycles. The van der Waals surface area contributed by atoms with Crippen LogP contribution in [0.3, 0.4) is 0 Å². The Morgan fingerprint density at radius 1 is 1.25 bits per heavy atom. The highest BCUT2D eigenvalue weighted by Crippen LogP contribution is 2.33. The summed E-state index contributed by atoms with van der Waals surface area (Å²) in [4.78, 5) is 39.8. The summed E-state index contributed by atoms with van der Waals surface area (Å²) in [6.07, 6.45) is 3.15. The number of urea groups is 1. The van der Waals surface area contributed by atoms with Gasteiger partial charge in [-0.25, -0.2) is 9.78 Å². The van der Waals surface area contributed by atoms with Crippen molar-refractivity contribution < 1.29 is 27.5 Å². The number of piperazine rings is 1. The number of pyridine rings is 2. The first-order chi connectivity index (χ1) is 19.1. The highest BCUT2D eigenvalue weighted by Gasteiger charge is 2.29. The number of aryl methyl sites for hydroxylation is 2. The summed E-state index contributed by atoms with van der Waals surface area (Å²) in [5.74, 6) is 0.865. The molecule has 0 radical (unpaired) electrons. The minimum Gasteiger partial charge on any atom is -0.481 e. The van der Waals surface area contributed by atoms with Gasteiger partial charge in [-0.05, 0) is 56.0 Å². The first-order valence-corrected chi connectivity index (χ1v) is 13.8. The molecule has 0 saturated carbocycles. The second-order valence-corrected chi connectivity index (χ2v) is 10.8. The van der Waals surface area contributed by atoms with Gasteiger partial charge < -0.3 is 9.64 Å². The molecule has 1 saturated heterocycles. The molecule has 14 heteroatoms. The molecule has 1 N–H and O–H groups in total. The fourth-order valence-corrected chi connectivity index (χ4v) is 5.23. The lowest BCUT2D eigenvalue weighted by molar-refractivity contribution is -0.136. The van der Waals surface area contributed by atoms with Gasteiger partial charge in [-0.3, -0.25) is 19.9 Å². The SMILES string of the molecule is COc1nc2c(cc1CN1CCN(C)CC1=O)CCCN2C(=O)Nc1cc(CCCSC(F)(F)F)c(C#N)cn1. The summed E-state index contributed by atoms with van der Waals surface area (Å²) < 4.78 is 42.8. The van der Waals surface area contributed by atoms with Crippen LogP contribution < -0.4 is 15.0 Å². The summed E-state index contributed by atoms with van der Waals surface area (Å²) in [7, 11) is 3.40. The van der Waals surface area contributed by atoms with Gasteiger partial charge in [-0.15, -0.1) is 0 Å². The summed E-state index contributed by atoms with van der Waals surface area (Å²) in [5, 5.41) is 12.1. The van der Waals surface area contributed by atoms with Crippen LogP contribution in [0.1, 0.15) is 35.1 Å². The third-order valence-electron chi connectivity index (χ3n) is 6.71. The minimum atomic E-state index is -4.31. The van der Waals surface area contributed by atoms with E-state index in [9.17, 15) is 28.0 Å². The quantitative estimate of drug-likeness (QED) is 0.472. The molecule has 0 atom stereocenters. The van der Waals surface area contributed by atoms with E-state index < -0.39 is 11.5 Å². The van der Waals surface area contributed by atoms with Gasteiger partial charge >= 0.3 is 11.5 Å². The summed E-state index contributed by atoms with van der Waals surface area (Å²) in [6.45, 7) is 2.50. The van der Waals surface area contributed by atoms with E-state index in [1.165, 1.54) is 24.3 Å². The van der Waals surface area contributed by atoms with Crippen LogP contribution in [-0.2, 0) is 24.2 Å². The second kappa shape index (κ2) is 12.7. The van der Waals surface area contributed by atoms with Crippen LogP contribution in [0.5, 0.6) is 5.88 Å². The van der Waals surface area contributed by atoms with Crippen LogP contribution in [-0.4, -0.2) is 83.3 Å². The molecule has 10 nitrogen and oxygen atoms in total. The van der Waals surface area contributed by atoms with Gasteiger partial charge in [0.1, 0.15) is 17.7 Å².